The van der Waals surface area contributed by atoms with Crippen LogP contribution in [0.3, 0.4) is 0 Å². The first-order chi connectivity index (χ1) is 10.1. The highest BCUT2D eigenvalue weighted by Gasteiger charge is 2.21. The molecule has 1 unspecified atom stereocenters. The zero-order chi connectivity index (χ0) is 14.8. The van der Waals surface area contributed by atoms with Crippen LogP contribution in [0.4, 0.5) is 0 Å². The van der Waals surface area contributed by atoms with Crippen LogP contribution in [0.5, 0.6) is 0 Å². The van der Waals surface area contributed by atoms with Gasteiger partial charge in [0.2, 0.25) is 0 Å². The molecule has 0 amide bonds. The van der Waals surface area contributed by atoms with Crippen molar-refractivity contribution in [2.45, 2.75) is 44.2 Å². The van der Waals surface area contributed by atoms with E-state index in [1.165, 1.54) is 32.1 Å². The highest BCUT2D eigenvalue weighted by molar-refractivity contribution is 5.76. The number of benzene rings is 1. The van der Waals surface area contributed by atoms with E-state index < -0.39 is 6.10 Å². The SMILES string of the molecule is CN(CC(O)c1ccc2c(c1)ncn2C)C1CCCCC1. The summed E-state index contributed by atoms with van der Waals surface area (Å²) in [6.07, 6.45) is 7.92. The zero-order valence-corrected chi connectivity index (χ0v) is 13.0. The van der Waals surface area contributed by atoms with Crippen LogP contribution in [0.25, 0.3) is 11.0 Å². The van der Waals surface area contributed by atoms with E-state index in [-0.39, 0.29) is 0 Å². The van der Waals surface area contributed by atoms with E-state index in [9.17, 15) is 5.11 Å². The number of likely N-dealkylation sites (N-methyl/N-ethyl adjacent to an activating group) is 1. The largest absolute Gasteiger partial charge is 0.387 e. The highest BCUT2D eigenvalue weighted by Crippen LogP contribution is 2.25. The number of nitrogens with zero attached hydrogens (tertiary/aromatic N) is 3. The summed E-state index contributed by atoms with van der Waals surface area (Å²) < 4.78 is 2.00. The number of imidazole rings is 1. The molecule has 2 aromatic rings. The van der Waals surface area contributed by atoms with Gasteiger partial charge in [-0.15, -0.1) is 0 Å². The van der Waals surface area contributed by atoms with Crippen molar-refractivity contribution in [2.75, 3.05) is 13.6 Å². The lowest BCUT2D eigenvalue weighted by Crippen LogP contribution is -2.36. The summed E-state index contributed by atoms with van der Waals surface area (Å²) in [5, 5.41) is 10.5. The van der Waals surface area contributed by atoms with E-state index in [4.69, 9.17) is 0 Å². The first-order valence-corrected chi connectivity index (χ1v) is 7.94. The Balaban J connectivity index is 1.69. The fourth-order valence-electron chi connectivity index (χ4n) is 3.41. The van der Waals surface area contributed by atoms with Gasteiger partial charge >= 0.3 is 0 Å². The van der Waals surface area contributed by atoms with Crippen LogP contribution in [0.2, 0.25) is 0 Å². The Labute approximate surface area is 126 Å². The molecular weight excluding hydrogens is 262 g/mol. The van der Waals surface area contributed by atoms with E-state index in [1.807, 2.05) is 36.1 Å². The van der Waals surface area contributed by atoms with Crippen molar-refractivity contribution in [2.24, 2.45) is 7.05 Å². The summed E-state index contributed by atoms with van der Waals surface area (Å²) in [6.45, 7) is 0.697. The molecule has 1 fully saturated rings. The van der Waals surface area contributed by atoms with Crippen molar-refractivity contribution >= 4 is 11.0 Å². The van der Waals surface area contributed by atoms with Crippen molar-refractivity contribution < 1.29 is 5.11 Å². The summed E-state index contributed by atoms with van der Waals surface area (Å²) in [6, 6.07) is 6.70. The second-order valence-corrected chi connectivity index (χ2v) is 6.35. The van der Waals surface area contributed by atoms with E-state index in [2.05, 4.69) is 16.9 Å². The normalized spacial score (nSPS) is 18.5. The molecule has 1 heterocycles. The maximum atomic E-state index is 10.5. The Hall–Kier alpha value is -1.39. The molecule has 4 heteroatoms. The van der Waals surface area contributed by atoms with Crippen molar-refractivity contribution in [3.05, 3.63) is 30.1 Å². The summed E-state index contributed by atoms with van der Waals surface area (Å²) in [7, 11) is 4.13. The molecule has 0 radical (unpaired) electrons. The molecule has 1 atom stereocenters. The van der Waals surface area contributed by atoms with Crippen molar-refractivity contribution in [1.29, 1.82) is 0 Å². The van der Waals surface area contributed by atoms with Crippen LogP contribution in [0, 0.1) is 0 Å². The smallest absolute Gasteiger partial charge is 0.0955 e. The molecule has 1 aliphatic rings. The number of hydrogen-bond donors (Lipinski definition) is 1. The summed E-state index contributed by atoms with van der Waals surface area (Å²) in [5.74, 6) is 0. The molecule has 114 valence electrons. The number of aliphatic hydroxyl groups is 1. The molecule has 1 N–H and O–H groups in total. The molecular formula is C17H25N3O. The second kappa shape index (κ2) is 6.16. The minimum absolute atomic E-state index is 0.441. The Kier molecular flexibility index (Phi) is 4.27. The highest BCUT2D eigenvalue weighted by atomic mass is 16.3. The summed E-state index contributed by atoms with van der Waals surface area (Å²) >= 11 is 0. The van der Waals surface area contributed by atoms with Gasteiger partial charge in [0.25, 0.3) is 0 Å². The fraction of sp³-hybridized carbons (Fsp3) is 0.588. The molecule has 3 rings (SSSR count). The lowest BCUT2D eigenvalue weighted by molar-refractivity contribution is 0.0915. The third-order valence-electron chi connectivity index (χ3n) is 4.79. The maximum absolute atomic E-state index is 10.5. The van der Waals surface area contributed by atoms with Crippen LogP contribution in [0.1, 0.15) is 43.8 Å². The van der Waals surface area contributed by atoms with Crippen LogP contribution in [-0.2, 0) is 7.05 Å². The molecule has 1 aliphatic carbocycles. The molecule has 4 nitrogen and oxygen atoms in total. The topological polar surface area (TPSA) is 41.3 Å². The number of hydrogen-bond acceptors (Lipinski definition) is 3. The Morgan fingerprint density at radius 1 is 1.33 bits per heavy atom. The van der Waals surface area contributed by atoms with Gasteiger partial charge in [0.1, 0.15) is 0 Å². The van der Waals surface area contributed by atoms with Gasteiger partial charge < -0.3 is 14.6 Å². The number of aryl methyl sites for hydroxylation is 1. The van der Waals surface area contributed by atoms with Gasteiger partial charge in [0, 0.05) is 19.6 Å². The molecule has 0 aliphatic heterocycles. The van der Waals surface area contributed by atoms with E-state index >= 15 is 0 Å². The first kappa shape index (κ1) is 14.5. The molecule has 1 aromatic heterocycles. The van der Waals surface area contributed by atoms with Crippen molar-refractivity contribution in [1.82, 2.24) is 14.5 Å². The van der Waals surface area contributed by atoms with E-state index in [0.717, 1.165) is 16.6 Å². The number of aliphatic hydroxyl groups excluding tert-OH is 1. The van der Waals surface area contributed by atoms with Crippen LogP contribution >= 0.6 is 0 Å². The lowest BCUT2D eigenvalue weighted by atomic mass is 9.94. The maximum Gasteiger partial charge on any atom is 0.0955 e. The zero-order valence-electron chi connectivity index (χ0n) is 13.0. The van der Waals surface area contributed by atoms with Crippen LogP contribution in [-0.4, -0.2) is 39.2 Å². The number of aromatic nitrogens is 2. The Bertz CT molecular complexity index is 601. The van der Waals surface area contributed by atoms with Gasteiger partial charge in [0.15, 0.2) is 0 Å². The number of rotatable bonds is 4. The standard InChI is InChI=1S/C17H25N3O/c1-19(14-6-4-3-5-7-14)11-17(21)13-8-9-16-15(10-13)18-12-20(16)2/h8-10,12,14,17,21H,3-7,11H2,1-2H3. The monoisotopic (exact) mass is 287 g/mol. The van der Waals surface area contributed by atoms with Crippen molar-refractivity contribution in [3.63, 3.8) is 0 Å². The van der Waals surface area contributed by atoms with E-state index in [0.29, 0.717) is 12.6 Å². The number of fused-ring (bicyclic) bond motifs is 1. The lowest BCUT2D eigenvalue weighted by Gasteiger charge is -2.32. The minimum Gasteiger partial charge on any atom is -0.387 e. The third kappa shape index (κ3) is 3.11. The predicted molar refractivity (Wildman–Crippen MR) is 85.2 cm³/mol. The first-order valence-electron chi connectivity index (χ1n) is 7.94. The molecule has 0 spiro atoms. The average Bonchev–Trinajstić information content (AvgIpc) is 2.89. The van der Waals surface area contributed by atoms with Crippen LogP contribution in [0.15, 0.2) is 24.5 Å². The third-order valence-corrected chi connectivity index (χ3v) is 4.79. The van der Waals surface area contributed by atoms with Gasteiger partial charge in [-0.05, 0) is 37.6 Å². The molecule has 21 heavy (non-hydrogen) atoms. The Morgan fingerprint density at radius 3 is 2.86 bits per heavy atom. The average molecular weight is 287 g/mol. The van der Waals surface area contributed by atoms with Gasteiger partial charge in [0.05, 0.1) is 23.5 Å². The molecule has 1 saturated carbocycles. The predicted octanol–water partition coefficient (Wildman–Crippen LogP) is 2.87. The quantitative estimate of drug-likeness (QED) is 0.940. The Morgan fingerprint density at radius 2 is 2.10 bits per heavy atom. The van der Waals surface area contributed by atoms with Gasteiger partial charge in [-0.2, -0.15) is 0 Å². The minimum atomic E-state index is -0.441. The van der Waals surface area contributed by atoms with Gasteiger partial charge in [-0.3, -0.25) is 0 Å². The van der Waals surface area contributed by atoms with Crippen LogP contribution < -0.4 is 0 Å². The fourth-order valence-corrected chi connectivity index (χ4v) is 3.41. The molecule has 0 bridgehead atoms. The second-order valence-electron chi connectivity index (χ2n) is 6.35. The summed E-state index contributed by atoms with van der Waals surface area (Å²) in [4.78, 5) is 6.69. The van der Waals surface area contributed by atoms with Crippen molar-refractivity contribution in [3.8, 4) is 0 Å². The summed E-state index contributed by atoms with van der Waals surface area (Å²) in [5.41, 5.74) is 3.02. The van der Waals surface area contributed by atoms with Gasteiger partial charge in [-0.1, -0.05) is 25.3 Å². The molecule has 1 aromatic carbocycles. The molecule has 0 saturated heterocycles. The van der Waals surface area contributed by atoms with E-state index in [1.54, 1.807) is 0 Å². The van der Waals surface area contributed by atoms with Gasteiger partial charge in [-0.25, -0.2) is 4.98 Å².